The van der Waals surface area contributed by atoms with Crippen molar-refractivity contribution in [1.82, 2.24) is 5.43 Å². The SMILES string of the molecule is COC(=O)COc1ccc(/C=N/NC(=O)c2cc3c(ccc4ccccc43)o2)cc1OC. The standard InChI is InChI=1S/C24H20N2O6/c1-29-21-11-15(7-9-20(21)31-14-23(27)30-2)13-25-26-24(28)22-12-18-17-6-4-3-5-16(17)8-10-19(18)32-22/h3-13H,14H2,1-2H3,(H,26,28)/b25-13+. The smallest absolute Gasteiger partial charge is 0.343 e. The molecule has 1 N–H and O–H groups in total. The van der Waals surface area contributed by atoms with Crippen molar-refractivity contribution < 1.29 is 28.2 Å². The normalized spacial score (nSPS) is 11.1. The summed E-state index contributed by atoms with van der Waals surface area (Å²) in [5.74, 6) is -0.00918. The molecule has 0 saturated carbocycles. The maximum absolute atomic E-state index is 12.5. The van der Waals surface area contributed by atoms with Crippen molar-refractivity contribution in [3.8, 4) is 11.5 Å². The van der Waals surface area contributed by atoms with Gasteiger partial charge in [0.2, 0.25) is 0 Å². The number of hydrazone groups is 1. The van der Waals surface area contributed by atoms with E-state index in [0.29, 0.717) is 22.6 Å². The van der Waals surface area contributed by atoms with Crippen LogP contribution >= 0.6 is 0 Å². The average molecular weight is 432 g/mol. The van der Waals surface area contributed by atoms with Crippen LogP contribution in [0.2, 0.25) is 0 Å². The van der Waals surface area contributed by atoms with Crippen molar-refractivity contribution in [3.05, 3.63) is 72.0 Å². The number of ether oxygens (including phenoxy) is 3. The maximum atomic E-state index is 12.5. The number of methoxy groups -OCH3 is 2. The largest absolute Gasteiger partial charge is 0.493 e. The van der Waals surface area contributed by atoms with Crippen LogP contribution in [-0.2, 0) is 9.53 Å². The number of hydrogen-bond donors (Lipinski definition) is 1. The fourth-order valence-electron chi connectivity index (χ4n) is 3.20. The second kappa shape index (κ2) is 9.22. The van der Waals surface area contributed by atoms with Crippen molar-refractivity contribution in [2.75, 3.05) is 20.8 Å². The van der Waals surface area contributed by atoms with Gasteiger partial charge in [-0.1, -0.05) is 30.3 Å². The van der Waals surface area contributed by atoms with Crippen LogP contribution in [-0.4, -0.2) is 38.9 Å². The van der Waals surface area contributed by atoms with Crippen molar-refractivity contribution in [2.24, 2.45) is 5.10 Å². The minimum atomic E-state index is -0.501. The molecule has 0 unspecified atom stereocenters. The number of benzene rings is 3. The highest BCUT2D eigenvalue weighted by atomic mass is 16.6. The number of carbonyl (C=O) groups is 2. The Morgan fingerprint density at radius 2 is 1.84 bits per heavy atom. The van der Waals surface area contributed by atoms with Gasteiger partial charge in [-0.15, -0.1) is 0 Å². The molecule has 0 bridgehead atoms. The molecule has 0 fully saturated rings. The highest BCUT2D eigenvalue weighted by Crippen LogP contribution is 2.29. The molecule has 4 rings (SSSR count). The molecule has 0 saturated heterocycles. The first kappa shape index (κ1) is 20.9. The third-order valence-corrected chi connectivity index (χ3v) is 4.79. The minimum absolute atomic E-state index is 0.164. The van der Waals surface area contributed by atoms with Crippen molar-refractivity contribution >= 4 is 39.8 Å². The first-order valence-electron chi connectivity index (χ1n) is 9.71. The Morgan fingerprint density at radius 3 is 2.66 bits per heavy atom. The Hall–Kier alpha value is -4.33. The number of fused-ring (bicyclic) bond motifs is 3. The molecule has 8 heteroatoms. The van der Waals surface area contributed by atoms with Gasteiger partial charge >= 0.3 is 11.9 Å². The lowest BCUT2D eigenvalue weighted by Crippen LogP contribution is -2.16. The van der Waals surface area contributed by atoms with Gasteiger partial charge < -0.3 is 18.6 Å². The van der Waals surface area contributed by atoms with Gasteiger partial charge in [-0.25, -0.2) is 10.2 Å². The molecule has 0 spiro atoms. The topological polar surface area (TPSA) is 99.4 Å². The molecule has 1 heterocycles. The summed E-state index contributed by atoms with van der Waals surface area (Å²) in [7, 11) is 2.76. The van der Waals surface area contributed by atoms with E-state index in [1.165, 1.54) is 20.4 Å². The van der Waals surface area contributed by atoms with E-state index in [4.69, 9.17) is 13.9 Å². The summed E-state index contributed by atoms with van der Waals surface area (Å²) in [5.41, 5.74) is 3.75. The van der Waals surface area contributed by atoms with Crippen LogP contribution in [0.25, 0.3) is 21.7 Å². The molecule has 0 aliphatic carbocycles. The summed E-state index contributed by atoms with van der Waals surface area (Å²) < 4.78 is 20.9. The van der Waals surface area contributed by atoms with E-state index in [0.717, 1.165) is 16.2 Å². The molecule has 162 valence electrons. The van der Waals surface area contributed by atoms with Crippen LogP contribution in [0.15, 0.2) is 70.2 Å². The number of amides is 1. The van der Waals surface area contributed by atoms with Gasteiger partial charge in [0.15, 0.2) is 23.9 Å². The summed E-state index contributed by atoms with van der Waals surface area (Å²) in [5, 5.41) is 6.93. The molecule has 0 radical (unpaired) electrons. The zero-order valence-corrected chi connectivity index (χ0v) is 17.5. The van der Waals surface area contributed by atoms with Crippen LogP contribution in [0.5, 0.6) is 11.5 Å². The molecular weight excluding hydrogens is 412 g/mol. The highest BCUT2D eigenvalue weighted by Gasteiger charge is 2.13. The predicted molar refractivity (Wildman–Crippen MR) is 119 cm³/mol. The predicted octanol–water partition coefficient (Wildman–Crippen LogP) is 3.91. The van der Waals surface area contributed by atoms with Gasteiger partial charge in [0.1, 0.15) is 5.58 Å². The fraction of sp³-hybridized carbons (Fsp3) is 0.125. The highest BCUT2D eigenvalue weighted by molar-refractivity contribution is 6.08. The van der Waals surface area contributed by atoms with Crippen LogP contribution in [0, 0.1) is 0 Å². The third kappa shape index (κ3) is 4.39. The molecule has 3 aromatic carbocycles. The van der Waals surface area contributed by atoms with E-state index in [1.54, 1.807) is 24.3 Å². The summed E-state index contributed by atoms with van der Waals surface area (Å²) in [6.45, 7) is -0.233. The monoisotopic (exact) mass is 432 g/mol. The maximum Gasteiger partial charge on any atom is 0.343 e. The zero-order valence-electron chi connectivity index (χ0n) is 17.5. The lowest BCUT2D eigenvalue weighted by molar-refractivity contribution is -0.142. The van der Waals surface area contributed by atoms with Gasteiger partial charge in [0.05, 0.1) is 20.4 Å². The fourth-order valence-corrected chi connectivity index (χ4v) is 3.20. The van der Waals surface area contributed by atoms with Crippen LogP contribution in [0.1, 0.15) is 16.1 Å². The summed E-state index contributed by atoms with van der Waals surface area (Å²) in [6.07, 6.45) is 1.46. The van der Waals surface area contributed by atoms with Crippen molar-refractivity contribution in [3.63, 3.8) is 0 Å². The second-order valence-electron chi connectivity index (χ2n) is 6.78. The average Bonchev–Trinajstić information content (AvgIpc) is 3.28. The Morgan fingerprint density at radius 1 is 1.00 bits per heavy atom. The van der Waals surface area contributed by atoms with Gasteiger partial charge in [-0.2, -0.15) is 5.10 Å². The van der Waals surface area contributed by atoms with Gasteiger partial charge in [-0.3, -0.25) is 4.79 Å². The number of nitrogens with one attached hydrogen (secondary N) is 1. The number of rotatable bonds is 7. The number of furan rings is 1. The van der Waals surface area contributed by atoms with E-state index in [1.807, 2.05) is 36.4 Å². The molecule has 32 heavy (non-hydrogen) atoms. The van der Waals surface area contributed by atoms with Crippen molar-refractivity contribution in [1.29, 1.82) is 0 Å². The molecule has 8 nitrogen and oxygen atoms in total. The molecule has 1 amide bonds. The van der Waals surface area contributed by atoms with E-state index in [2.05, 4.69) is 15.3 Å². The van der Waals surface area contributed by atoms with Gasteiger partial charge in [0.25, 0.3) is 0 Å². The van der Waals surface area contributed by atoms with E-state index >= 15 is 0 Å². The molecule has 1 aromatic heterocycles. The van der Waals surface area contributed by atoms with Crippen molar-refractivity contribution in [2.45, 2.75) is 0 Å². The number of hydrogen-bond acceptors (Lipinski definition) is 7. The Labute approximate surface area is 183 Å². The Balaban J connectivity index is 1.46. The third-order valence-electron chi connectivity index (χ3n) is 4.79. The Bertz CT molecular complexity index is 1320. The Kier molecular flexibility index (Phi) is 6.03. The van der Waals surface area contributed by atoms with Crippen LogP contribution in [0.4, 0.5) is 0 Å². The minimum Gasteiger partial charge on any atom is -0.493 e. The van der Waals surface area contributed by atoms with Crippen LogP contribution in [0.3, 0.4) is 0 Å². The number of carbonyl (C=O) groups excluding carboxylic acids is 2. The molecular formula is C24H20N2O6. The summed E-state index contributed by atoms with van der Waals surface area (Å²) >= 11 is 0. The second-order valence-corrected chi connectivity index (χ2v) is 6.78. The summed E-state index contributed by atoms with van der Waals surface area (Å²) in [6, 6.07) is 18.4. The zero-order chi connectivity index (χ0) is 22.5. The van der Waals surface area contributed by atoms with E-state index in [9.17, 15) is 9.59 Å². The number of esters is 1. The first-order chi connectivity index (χ1) is 15.6. The molecule has 4 aromatic rings. The molecule has 0 aliphatic rings. The summed E-state index contributed by atoms with van der Waals surface area (Å²) in [4.78, 5) is 23.7. The quantitative estimate of drug-likeness (QED) is 0.270. The number of nitrogens with zero attached hydrogens (tertiary/aromatic N) is 1. The van der Waals surface area contributed by atoms with Crippen LogP contribution < -0.4 is 14.9 Å². The van der Waals surface area contributed by atoms with E-state index in [-0.39, 0.29) is 12.4 Å². The lowest BCUT2D eigenvalue weighted by atomic mass is 10.1. The molecule has 0 aliphatic heterocycles. The van der Waals surface area contributed by atoms with E-state index < -0.39 is 11.9 Å². The first-order valence-corrected chi connectivity index (χ1v) is 9.71. The lowest BCUT2D eigenvalue weighted by Gasteiger charge is -2.10. The molecule has 0 atom stereocenters. The van der Waals surface area contributed by atoms with Gasteiger partial charge in [0, 0.05) is 5.39 Å². The van der Waals surface area contributed by atoms with Gasteiger partial charge in [-0.05, 0) is 46.7 Å².